The number of hydrogen-bond donors (Lipinski definition) is 0. The van der Waals surface area contributed by atoms with E-state index in [1.54, 1.807) is 0 Å². The molecule has 0 aromatic carbocycles. The number of ketones is 3. The van der Waals surface area contributed by atoms with Crippen molar-refractivity contribution in [3.63, 3.8) is 0 Å². The second-order valence-corrected chi connectivity index (χ2v) is 8.77. The molecule has 4 saturated carbocycles. The minimum absolute atomic E-state index is 0.000871. The first kappa shape index (κ1) is 14.6. The molecule has 120 valence electrons. The van der Waals surface area contributed by atoms with Crippen LogP contribution in [0, 0.1) is 34.5 Å². The Balaban J connectivity index is 1.71. The monoisotopic (exact) mass is 302 g/mol. The Morgan fingerprint density at radius 2 is 1.68 bits per heavy atom. The Morgan fingerprint density at radius 1 is 0.909 bits per heavy atom. The molecule has 0 radical (unpaired) electrons. The Bertz CT molecular complexity index is 565. The minimum atomic E-state index is -0.171. The molecule has 0 unspecified atom stereocenters. The Morgan fingerprint density at radius 3 is 2.45 bits per heavy atom. The van der Waals surface area contributed by atoms with E-state index >= 15 is 0 Å². The summed E-state index contributed by atoms with van der Waals surface area (Å²) in [5, 5.41) is 0. The van der Waals surface area contributed by atoms with E-state index in [0.29, 0.717) is 55.0 Å². The zero-order chi connectivity index (χ0) is 15.7. The highest BCUT2D eigenvalue weighted by Gasteiger charge is 2.62. The van der Waals surface area contributed by atoms with Gasteiger partial charge in [0.25, 0.3) is 0 Å². The Kier molecular flexibility index (Phi) is 3.00. The smallest absolute Gasteiger partial charge is 0.139 e. The number of fused-ring (bicyclic) bond motifs is 5. The maximum absolute atomic E-state index is 12.8. The number of Topliss-reactive ketones (excluding diaryl/α,β-unsaturated/α-hetero) is 3. The van der Waals surface area contributed by atoms with E-state index in [1.165, 1.54) is 0 Å². The summed E-state index contributed by atoms with van der Waals surface area (Å²) in [7, 11) is 0. The molecule has 0 N–H and O–H groups in total. The summed E-state index contributed by atoms with van der Waals surface area (Å²) in [6.07, 6.45) is 6.34. The van der Waals surface area contributed by atoms with Gasteiger partial charge in [-0.25, -0.2) is 0 Å². The van der Waals surface area contributed by atoms with Crippen LogP contribution in [0.2, 0.25) is 0 Å². The third kappa shape index (κ3) is 1.71. The summed E-state index contributed by atoms with van der Waals surface area (Å²) in [5.74, 6) is 2.27. The van der Waals surface area contributed by atoms with Gasteiger partial charge in [-0.3, -0.25) is 14.4 Å². The molecular weight excluding hydrogens is 276 g/mol. The molecule has 0 saturated heterocycles. The SMILES string of the molecule is C[C@@]12CCC(=O)C[C@H]1C(=O)C[C@H]1[C@H]2CC[C@@]2(C)C(=O)CC[C@H]12. The highest BCUT2D eigenvalue weighted by Crippen LogP contribution is 2.64. The summed E-state index contributed by atoms with van der Waals surface area (Å²) in [6.45, 7) is 4.41. The van der Waals surface area contributed by atoms with Crippen LogP contribution in [0.1, 0.15) is 65.2 Å². The number of hydrogen-bond acceptors (Lipinski definition) is 3. The van der Waals surface area contributed by atoms with Crippen molar-refractivity contribution in [1.82, 2.24) is 0 Å². The average molecular weight is 302 g/mol. The van der Waals surface area contributed by atoms with Crippen LogP contribution in [0.25, 0.3) is 0 Å². The number of carbonyl (C=O) groups is 3. The fourth-order valence-electron chi connectivity index (χ4n) is 6.61. The van der Waals surface area contributed by atoms with Crippen molar-refractivity contribution < 1.29 is 14.4 Å². The topological polar surface area (TPSA) is 51.2 Å². The van der Waals surface area contributed by atoms with Gasteiger partial charge in [-0.1, -0.05) is 13.8 Å². The molecule has 22 heavy (non-hydrogen) atoms. The van der Waals surface area contributed by atoms with Crippen LogP contribution in [0.5, 0.6) is 0 Å². The Hall–Kier alpha value is -0.990. The molecule has 3 heteroatoms. The van der Waals surface area contributed by atoms with Crippen LogP contribution in [-0.2, 0) is 14.4 Å². The largest absolute Gasteiger partial charge is 0.300 e. The van der Waals surface area contributed by atoms with Crippen molar-refractivity contribution in [1.29, 1.82) is 0 Å². The van der Waals surface area contributed by atoms with Crippen LogP contribution in [0.4, 0.5) is 0 Å². The van der Waals surface area contributed by atoms with E-state index in [1.807, 2.05) is 0 Å². The second-order valence-electron chi connectivity index (χ2n) is 8.77. The van der Waals surface area contributed by atoms with Crippen molar-refractivity contribution in [3.05, 3.63) is 0 Å². The summed E-state index contributed by atoms with van der Waals surface area (Å²) in [4.78, 5) is 37.0. The number of carbonyl (C=O) groups excluding carboxylic acids is 3. The molecule has 4 rings (SSSR count). The van der Waals surface area contributed by atoms with E-state index in [9.17, 15) is 14.4 Å². The van der Waals surface area contributed by atoms with Crippen LogP contribution >= 0.6 is 0 Å². The van der Waals surface area contributed by atoms with Gasteiger partial charge < -0.3 is 0 Å². The van der Waals surface area contributed by atoms with E-state index in [-0.39, 0.29) is 22.5 Å². The van der Waals surface area contributed by atoms with E-state index < -0.39 is 0 Å². The van der Waals surface area contributed by atoms with Gasteiger partial charge in [0.15, 0.2) is 0 Å². The van der Waals surface area contributed by atoms with Gasteiger partial charge in [0.2, 0.25) is 0 Å². The molecule has 0 spiro atoms. The lowest BCUT2D eigenvalue weighted by molar-refractivity contribution is -0.159. The summed E-state index contributed by atoms with van der Waals surface area (Å²) in [6, 6.07) is 0. The molecule has 0 heterocycles. The predicted molar refractivity (Wildman–Crippen MR) is 82.1 cm³/mol. The molecule has 0 aliphatic heterocycles. The lowest BCUT2D eigenvalue weighted by Gasteiger charge is -2.58. The van der Waals surface area contributed by atoms with Crippen molar-refractivity contribution in [2.75, 3.05) is 0 Å². The van der Waals surface area contributed by atoms with Crippen molar-refractivity contribution in [2.24, 2.45) is 34.5 Å². The third-order valence-electron chi connectivity index (χ3n) is 7.99. The lowest BCUT2D eigenvalue weighted by Crippen LogP contribution is -2.56. The van der Waals surface area contributed by atoms with Gasteiger partial charge in [-0.15, -0.1) is 0 Å². The van der Waals surface area contributed by atoms with Gasteiger partial charge in [-0.2, -0.15) is 0 Å². The highest BCUT2D eigenvalue weighted by atomic mass is 16.1. The molecule has 0 aromatic rings. The van der Waals surface area contributed by atoms with Gasteiger partial charge in [0.05, 0.1) is 0 Å². The predicted octanol–water partition coefficient (Wildman–Crippen LogP) is 3.35. The van der Waals surface area contributed by atoms with E-state index in [2.05, 4.69) is 13.8 Å². The van der Waals surface area contributed by atoms with Crippen LogP contribution in [0.15, 0.2) is 0 Å². The van der Waals surface area contributed by atoms with Crippen molar-refractivity contribution in [2.45, 2.75) is 65.2 Å². The zero-order valence-electron chi connectivity index (χ0n) is 13.7. The summed E-state index contributed by atoms with van der Waals surface area (Å²) < 4.78 is 0. The molecule has 0 amide bonds. The minimum Gasteiger partial charge on any atom is -0.300 e. The maximum Gasteiger partial charge on any atom is 0.139 e. The third-order valence-corrected chi connectivity index (χ3v) is 7.99. The molecule has 4 aliphatic rings. The highest BCUT2D eigenvalue weighted by molar-refractivity contribution is 5.91. The molecule has 4 fully saturated rings. The Labute approximate surface area is 132 Å². The number of rotatable bonds is 0. The molecule has 0 bridgehead atoms. The fourth-order valence-corrected chi connectivity index (χ4v) is 6.61. The first-order chi connectivity index (χ1) is 10.4. The maximum atomic E-state index is 12.8. The van der Waals surface area contributed by atoms with E-state index in [0.717, 1.165) is 25.7 Å². The van der Waals surface area contributed by atoms with Crippen molar-refractivity contribution in [3.8, 4) is 0 Å². The summed E-state index contributed by atoms with van der Waals surface area (Å²) >= 11 is 0. The quantitative estimate of drug-likeness (QED) is 0.689. The molecule has 6 atom stereocenters. The van der Waals surface area contributed by atoms with Crippen LogP contribution in [-0.4, -0.2) is 17.3 Å². The normalized spacial score (nSPS) is 51.3. The van der Waals surface area contributed by atoms with Crippen molar-refractivity contribution >= 4 is 17.3 Å². The molecule has 3 nitrogen and oxygen atoms in total. The lowest BCUT2D eigenvalue weighted by atomic mass is 9.45. The van der Waals surface area contributed by atoms with Crippen LogP contribution < -0.4 is 0 Å². The fraction of sp³-hybridized carbons (Fsp3) is 0.842. The van der Waals surface area contributed by atoms with Crippen LogP contribution in [0.3, 0.4) is 0 Å². The first-order valence-electron chi connectivity index (χ1n) is 8.94. The van der Waals surface area contributed by atoms with E-state index in [4.69, 9.17) is 0 Å². The average Bonchev–Trinajstić information content (AvgIpc) is 2.77. The molecule has 4 aliphatic carbocycles. The van der Waals surface area contributed by atoms with Gasteiger partial charge in [0, 0.05) is 37.0 Å². The van der Waals surface area contributed by atoms with Gasteiger partial charge >= 0.3 is 0 Å². The summed E-state index contributed by atoms with van der Waals surface area (Å²) in [5.41, 5.74) is -0.171. The second kappa shape index (κ2) is 4.52. The zero-order valence-corrected chi connectivity index (χ0v) is 13.7. The molecular formula is C19H26O3. The molecule has 0 aromatic heterocycles. The van der Waals surface area contributed by atoms with Gasteiger partial charge in [-0.05, 0) is 48.9 Å². The first-order valence-corrected chi connectivity index (χ1v) is 8.94. The van der Waals surface area contributed by atoms with Gasteiger partial charge in [0.1, 0.15) is 17.3 Å². The standard InChI is InChI=1S/C19H26O3/c1-18-7-5-11(20)9-15(18)16(21)10-12-13-3-4-17(22)19(13,2)8-6-14(12)18/h12-15H,3-10H2,1-2H3/t12-,13-,14-,15+,18+,19-/m1/s1.